The molecule has 2 aliphatic rings. The molecule has 1 N–H and O–H groups in total. The van der Waals surface area contributed by atoms with Crippen LogP contribution in [0, 0.1) is 0 Å². The molecule has 4 heteroatoms. The molecule has 0 bridgehead atoms. The van der Waals surface area contributed by atoms with Gasteiger partial charge in [-0.1, -0.05) is 30.3 Å². The number of ether oxygens (including phenoxy) is 1. The molecular formula is C18H26N2O2. The molecule has 22 heavy (non-hydrogen) atoms. The van der Waals surface area contributed by atoms with Crippen molar-refractivity contribution in [2.75, 3.05) is 13.1 Å². The first-order chi connectivity index (χ1) is 10.6. The van der Waals surface area contributed by atoms with Crippen molar-refractivity contribution < 1.29 is 9.53 Å². The molecule has 0 spiro atoms. The highest BCUT2D eigenvalue weighted by atomic mass is 16.5. The maximum absolute atomic E-state index is 12.1. The zero-order valence-electron chi connectivity index (χ0n) is 13.5. The lowest BCUT2D eigenvalue weighted by Crippen LogP contribution is -2.40. The molecule has 0 aromatic heterocycles. The van der Waals surface area contributed by atoms with Gasteiger partial charge in [0.05, 0.1) is 6.10 Å². The lowest BCUT2D eigenvalue weighted by atomic mass is 10.1. The number of likely N-dealkylation sites (tertiary alicyclic amines) is 1. The van der Waals surface area contributed by atoms with Crippen molar-refractivity contribution in [1.29, 1.82) is 0 Å². The zero-order chi connectivity index (χ0) is 15.5. The van der Waals surface area contributed by atoms with Gasteiger partial charge < -0.3 is 10.1 Å². The Morgan fingerprint density at radius 2 is 2.14 bits per heavy atom. The third-order valence-corrected chi connectivity index (χ3v) is 4.65. The molecule has 0 radical (unpaired) electrons. The fraction of sp³-hybridized carbons (Fsp3) is 0.611. The second-order valence-corrected chi connectivity index (χ2v) is 6.69. The van der Waals surface area contributed by atoms with Gasteiger partial charge in [-0.3, -0.25) is 9.69 Å². The summed E-state index contributed by atoms with van der Waals surface area (Å²) in [6.07, 6.45) is 2.91. The first kappa shape index (κ1) is 15.5. The van der Waals surface area contributed by atoms with Gasteiger partial charge in [0.2, 0.25) is 5.91 Å². The molecule has 0 unspecified atom stereocenters. The predicted molar refractivity (Wildman–Crippen MR) is 86.7 cm³/mol. The molecule has 1 amide bonds. The topological polar surface area (TPSA) is 41.6 Å². The van der Waals surface area contributed by atoms with Crippen LogP contribution in [0.2, 0.25) is 0 Å². The van der Waals surface area contributed by atoms with E-state index >= 15 is 0 Å². The van der Waals surface area contributed by atoms with Gasteiger partial charge in [-0.05, 0) is 32.3 Å². The lowest BCUT2D eigenvalue weighted by Gasteiger charge is -2.22. The van der Waals surface area contributed by atoms with E-state index in [9.17, 15) is 4.79 Å². The molecule has 1 aromatic rings. The number of amides is 1. The van der Waals surface area contributed by atoms with Gasteiger partial charge in [0.1, 0.15) is 6.10 Å². The molecule has 2 heterocycles. The van der Waals surface area contributed by atoms with Gasteiger partial charge in [-0.15, -0.1) is 0 Å². The highest BCUT2D eigenvalue weighted by molar-refractivity contribution is 5.81. The highest BCUT2D eigenvalue weighted by Crippen LogP contribution is 2.33. The first-order valence-electron chi connectivity index (χ1n) is 8.37. The summed E-state index contributed by atoms with van der Waals surface area (Å²) in [7, 11) is 0. The Morgan fingerprint density at radius 1 is 1.36 bits per heavy atom. The average molecular weight is 302 g/mol. The van der Waals surface area contributed by atoms with Crippen molar-refractivity contribution in [1.82, 2.24) is 10.2 Å². The predicted octanol–water partition coefficient (Wildman–Crippen LogP) is 1.99. The summed E-state index contributed by atoms with van der Waals surface area (Å²) in [6.45, 7) is 6.10. The van der Waals surface area contributed by atoms with Crippen molar-refractivity contribution in [2.45, 2.75) is 57.4 Å². The number of nitrogens with zero attached hydrogens (tertiary/aromatic N) is 1. The molecule has 3 atom stereocenters. The van der Waals surface area contributed by atoms with Crippen molar-refractivity contribution in [3.05, 3.63) is 35.9 Å². The van der Waals surface area contributed by atoms with E-state index in [2.05, 4.69) is 40.5 Å². The molecular weight excluding hydrogens is 276 g/mol. The van der Waals surface area contributed by atoms with E-state index in [1.54, 1.807) is 0 Å². The smallest absolute Gasteiger partial charge is 0.249 e. The Hall–Kier alpha value is -1.39. The number of rotatable bonds is 5. The van der Waals surface area contributed by atoms with E-state index in [1.807, 2.05) is 13.8 Å². The molecule has 0 aliphatic carbocycles. The maximum Gasteiger partial charge on any atom is 0.249 e. The van der Waals surface area contributed by atoms with Crippen LogP contribution < -0.4 is 5.32 Å². The van der Waals surface area contributed by atoms with Gasteiger partial charge in [-0.25, -0.2) is 0 Å². The zero-order valence-corrected chi connectivity index (χ0v) is 13.5. The minimum Gasteiger partial charge on any atom is -0.363 e. The summed E-state index contributed by atoms with van der Waals surface area (Å²) in [5.41, 5.74) is 1.37. The number of hydrogen-bond donors (Lipinski definition) is 1. The third kappa shape index (κ3) is 3.50. The molecule has 1 aromatic carbocycles. The van der Waals surface area contributed by atoms with Crippen LogP contribution in [0.3, 0.4) is 0 Å². The monoisotopic (exact) mass is 302 g/mol. The standard InChI is InChI=1S/C18H26N2O2/c1-13(2)19-18(21)17-12-15-16(22-17)9-11-20(15)10-8-14-6-4-3-5-7-14/h3-7,13,15-17H,8-12H2,1-2H3,(H,19,21)/t15-,16-,17+/m0/s1. The number of benzene rings is 1. The summed E-state index contributed by atoms with van der Waals surface area (Å²) in [4.78, 5) is 14.6. The van der Waals surface area contributed by atoms with E-state index in [1.165, 1.54) is 5.56 Å². The summed E-state index contributed by atoms with van der Waals surface area (Å²) in [6, 6.07) is 11.2. The van der Waals surface area contributed by atoms with Crippen LogP contribution in [0.4, 0.5) is 0 Å². The molecule has 4 nitrogen and oxygen atoms in total. The Labute approximate surface area is 132 Å². The fourth-order valence-electron chi connectivity index (χ4n) is 3.57. The third-order valence-electron chi connectivity index (χ3n) is 4.65. The second-order valence-electron chi connectivity index (χ2n) is 6.69. The van der Waals surface area contributed by atoms with Gasteiger partial charge in [0.25, 0.3) is 0 Å². The van der Waals surface area contributed by atoms with Crippen molar-refractivity contribution in [2.24, 2.45) is 0 Å². The van der Waals surface area contributed by atoms with Crippen LogP contribution in [-0.4, -0.2) is 48.2 Å². The van der Waals surface area contributed by atoms with Gasteiger partial charge in [-0.2, -0.15) is 0 Å². The largest absolute Gasteiger partial charge is 0.363 e. The van der Waals surface area contributed by atoms with E-state index in [0.717, 1.165) is 32.4 Å². The minimum atomic E-state index is -0.267. The summed E-state index contributed by atoms with van der Waals surface area (Å²) < 4.78 is 5.98. The number of carbonyl (C=O) groups is 1. The van der Waals surface area contributed by atoms with Crippen molar-refractivity contribution >= 4 is 5.91 Å². The van der Waals surface area contributed by atoms with Crippen molar-refractivity contribution in [3.63, 3.8) is 0 Å². The van der Waals surface area contributed by atoms with Crippen LogP contribution in [0.25, 0.3) is 0 Å². The Bertz CT molecular complexity index is 503. The van der Waals surface area contributed by atoms with Crippen LogP contribution in [0.15, 0.2) is 30.3 Å². The summed E-state index contributed by atoms with van der Waals surface area (Å²) in [5, 5.41) is 2.96. The SMILES string of the molecule is CC(C)NC(=O)[C@H]1C[C@H]2[C@H](CCN2CCc2ccccc2)O1. The van der Waals surface area contributed by atoms with Gasteiger partial charge >= 0.3 is 0 Å². The quantitative estimate of drug-likeness (QED) is 0.904. The number of nitrogens with one attached hydrogen (secondary N) is 1. The second kappa shape index (κ2) is 6.80. The molecule has 120 valence electrons. The molecule has 2 fully saturated rings. The number of fused-ring (bicyclic) bond motifs is 1. The van der Waals surface area contributed by atoms with E-state index in [-0.39, 0.29) is 24.2 Å². The minimum absolute atomic E-state index is 0.0485. The van der Waals surface area contributed by atoms with Crippen LogP contribution in [0.5, 0.6) is 0 Å². The number of hydrogen-bond acceptors (Lipinski definition) is 3. The Morgan fingerprint density at radius 3 is 2.86 bits per heavy atom. The average Bonchev–Trinajstić information content (AvgIpc) is 3.06. The van der Waals surface area contributed by atoms with Gasteiger partial charge in [0.15, 0.2) is 0 Å². The van der Waals surface area contributed by atoms with E-state index in [0.29, 0.717) is 6.04 Å². The van der Waals surface area contributed by atoms with E-state index in [4.69, 9.17) is 4.74 Å². The summed E-state index contributed by atoms with van der Waals surface area (Å²) >= 11 is 0. The van der Waals surface area contributed by atoms with Crippen LogP contribution in [0.1, 0.15) is 32.3 Å². The molecule has 3 rings (SSSR count). The fourth-order valence-corrected chi connectivity index (χ4v) is 3.57. The first-order valence-corrected chi connectivity index (χ1v) is 8.37. The summed E-state index contributed by atoms with van der Waals surface area (Å²) in [5.74, 6) is 0.0485. The maximum atomic E-state index is 12.1. The van der Waals surface area contributed by atoms with Crippen LogP contribution >= 0.6 is 0 Å². The molecule has 0 saturated carbocycles. The highest BCUT2D eigenvalue weighted by Gasteiger charge is 2.45. The van der Waals surface area contributed by atoms with E-state index < -0.39 is 0 Å². The Balaban J connectivity index is 1.53. The molecule has 2 aliphatic heterocycles. The lowest BCUT2D eigenvalue weighted by molar-refractivity contribution is -0.132. The van der Waals surface area contributed by atoms with Gasteiger partial charge in [0, 0.05) is 31.6 Å². The van der Waals surface area contributed by atoms with Crippen LogP contribution in [-0.2, 0) is 16.0 Å². The molecule has 2 saturated heterocycles. The van der Waals surface area contributed by atoms with Crippen molar-refractivity contribution in [3.8, 4) is 0 Å². The normalized spacial score (nSPS) is 28.0. The Kier molecular flexibility index (Phi) is 4.79. The number of carbonyl (C=O) groups excluding carboxylic acids is 1.